The summed E-state index contributed by atoms with van der Waals surface area (Å²) in [5.74, 6) is -0.322. The van der Waals surface area contributed by atoms with E-state index in [0.717, 1.165) is 11.1 Å². The summed E-state index contributed by atoms with van der Waals surface area (Å²) < 4.78 is 39.3. The van der Waals surface area contributed by atoms with Crippen LogP contribution in [-0.2, 0) is 6.61 Å². The van der Waals surface area contributed by atoms with Crippen LogP contribution in [-0.4, -0.2) is 18.8 Å². The molecule has 0 atom stereocenters. The highest BCUT2D eigenvalue weighted by atomic mass is 19.3. The number of benzene rings is 2. The van der Waals surface area contributed by atoms with Gasteiger partial charge in [-0.2, -0.15) is 8.78 Å². The first-order valence-electron chi connectivity index (χ1n) is 8.12. The summed E-state index contributed by atoms with van der Waals surface area (Å²) in [4.78, 5) is 22.1. The molecule has 0 spiro atoms. The van der Waals surface area contributed by atoms with E-state index in [4.69, 9.17) is 14.9 Å². The smallest absolute Gasteiger partial charge is 0.387 e. The van der Waals surface area contributed by atoms with Crippen molar-refractivity contribution < 1.29 is 32.3 Å². The van der Waals surface area contributed by atoms with Gasteiger partial charge in [0, 0.05) is 5.56 Å². The molecule has 0 fully saturated rings. The molecule has 3 rings (SSSR count). The van der Waals surface area contributed by atoms with Gasteiger partial charge >= 0.3 is 6.61 Å². The molecule has 0 aliphatic rings. The molecule has 0 saturated carbocycles. The lowest BCUT2D eigenvalue weighted by atomic mass is 10.1. The molecule has 3 aromatic rings. The van der Waals surface area contributed by atoms with E-state index in [-0.39, 0.29) is 23.9 Å². The fourth-order valence-corrected chi connectivity index (χ4v) is 2.56. The molecule has 0 bridgehead atoms. The van der Waals surface area contributed by atoms with Gasteiger partial charge < -0.3 is 19.6 Å². The SMILES string of the molecule is NC(=O)c1oc(C=O)cc1COc1ccc(-c2ccc(OC(F)F)cc2)cc1. The first kappa shape index (κ1) is 19.1. The van der Waals surface area contributed by atoms with Gasteiger partial charge in [-0.25, -0.2) is 0 Å². The maximum Gasteiger partial charge on any atom is 0.387 e. The van der Waals surface area contributed by atoms with Crippen molar-refractivity contribution in [2.24, 2.45) is 5.73 Å². The van der Waals surface area contributed by atoms with Crippen molar-refractivity contribution in [3.05, 3.63) is 71.7 Å². The highest BCUT2D eigenvalue weighted by molar-refractivity contribution is 5.92. The second-order valence-corrected chi connectivity index (χ2v) is 5.70. The summed E-state index contributed by atoms with van der Waals surface area (Å²) in [5.41, 5.74) is 7.25. The number of nitrogens with two attached hydrogens (primary N) is 1. The number of primary amides is 1. The molecule has 1 amide bonds. The Kier molecular flexibility index (Phi) is 5.69. The molecule has 0 radical (unpaired) electrons. The molecule has 6 nitrogen and oxygen atoms in total. The summed E-state index contributed by atoms with van der Waals surface area (Å²) in [6.45, 7) is -2.87. The lowest BCUT2D eigenvalue weighted by Crippen LogP contribution is -2.12. The number of carbonyl (C=O) groups excluding carboxylic acids is 2. The van der Waals surface area contributed by atoms with E-state index in [2.05, 4.69) is 4.74 Å². The Morgan fingerprint density at radius 3 is 2.11 bits per heavy atom. The maximum absolute atomic E-state index is 12.2. The summed E-state index contributed by atoms with van der Waals surface area (Å²) in [5, 5.41) is 0. The van der Waals surface area contributed by atoms with Crippen LogP contribution in [0.15, 0.2) is 59.0 Å². The molecule has 144 valence electrons. The lowest BCUT2D eigenvalue weighted by molar-refractivity contribution is -0.0498. The zero-order valence-electron chi connectivity index (χ0n) is 14.4. The maximum atomic E-state index is 12.2. The number of alkyl halides is 2. The third-order valence-electron chi connectivity index (χ3n) is 3.83. The van der Waals surface area contributed by atoms with Gasteiger partial charge in [0.1, 0.15) is 18.1 Å². The molecule has 2 aromatic carbocycles. The van der Waals surface area contributed by atoms with Crippen LogP contribution in [0.5, 0.6) is 11.5 Å². The van der Waals surface area contributed by atoms with Gasteiger partial charge in [-0.1, -0.05) is 24.3 Å². The number of halogens is 2. The highest BCUT2D eigenvalue weighted by Crippen LogP contribution is 2.26. The average molecular weight is 387 g/mol. The summed E-state index contributed by atoms with van der Waals surface area (Å²) in [7, 11) is 0. The quantitative estimate of drug-likeness (QED) is 0.589. The zero-order chi connectivity index (χ0) is 20.1. The van der Waals surface area contributed by atoms with Crippen molar-refractivity contribution >= 4 is 12.2 Å². The lowest BCUT2D eigenvalue weighted by Gasteiger charge is -2.08. The fourth-order valence-electron chi connectivity index (χ4n) is 2.56. The van der Waals surface area contributed by atoms with Crippen molar-refractivity contribution in [1.82, 2.24) is 0 Å². The van der Waals surface area contributed by atoms with E-state index in [1.54, 1.807) is 36.4 Å². The highest BCUT2D eigenvalue weighted by Gasteiger charge is 2.16. The van der Waals surface area contributed by atoms with Crippen LogP contribution in [0, 0.1) is 0 Å². The number of furan rings is 1. The van der Waals surface area contributed by atoms with Gasteiger partial charge in [0.25, 0.3) is 5.91 Å². The molecular formula is C20H15F2NO5. The summed E-state index contributed by atoms with van der Waals surface area (Å²) in [6.07, 6.45) is 0.475. The Morgan fingerprint density at radius 2 is 1.61 bits per heavy atom. The second kappa shape index (κ2) is 8.34. The summed E-state index contributed by atoms with van der Waals surface area (Å²) >= 11 is 0. The summed E-state index contributed by atoms with van der Waals surface area (Å²) in [6, 6.07) is 14.6. The zero-order valence-corrected chi connectivity index (χ0v) is 14.4. The first-order chi connectivity index (χ1) is 13.5. The van der Waals surface area contributed by atoms with E-state index in [9.17, 15) is 18.4 Å². The van der Waals surface area contributed by atoms with Crippen LogP contribution in [0.25, 0.3) is 11.1 Å². The number of hydrogen-bond acceptors (Lipinski definition) is 5. The van der Waals surface area contributed by atoms with Gasteiger partial charge in [0.15, 0.2) is 17.8 Å². The van der Waals surface area contributed by atoms with Gasteiger partial charge in [-0.15, -0.1) is 0 Å². The van der Waals surface area contributed by atoms with E-state index in [1.807, 2.05) is 0 Å². The van der Waals surface area contributed by atoms with Crippen molar-refractivity contribution in [2.75, 3.05) is 0 Å². The molecule has 1 heterocycles. The monoisotopic (exact) mass is 387 g/mol. The molecule has 1 aromatic heterocycles. The van der Waals surface area contributed by atoms with Crippen molar-refractivity contribution in [3.63, 3.8) is 0 Å². The molecule has 28 heavy (non-hydrogen) atoms. The third-order valence-corrected chi connectivity index (χ3v) is 3.83. The van der Waals surface area contributed by atoms with Crippen LogP contribution in [0.4, 0.5) is 8.78 Å². The number of rotatable bonds is 8. The minimum absolute atomic E-state index is 0.00533. The van der Waals surface area contributed by atoms with Gasteiger partial charge in [0.05, 0.1) is 0 Å². The Bertz CT molecular complexity index is 965. The van der Waals surface area contributed by atoms with Crippen molar-refractivity contribution in [3.8, 4) is 22.6 Å². The molecule has 0 unspecified atom stereocenters. The average Bonchev–Trinajstić information content (AvgIpc) is 3.11. The molecule has 0 aliphatic heterocycles. The molecule has 0 saturated heterocycles. The predicted molar refractivity (Wildman–Crippen MR) is 95.5 cm³/mol. The standard InChI is InChI=1S/C20H15F2NO5/c21-20(22)28-16-7-3-13(4-8-16)12-1-5-15(6-2-12)26-11-14-9-17(10-24)27-18(14)19(23)25/h1-10,20H,11H2,(H2,23,25). The number of ether oxygens (including phenoxy) is 2. The first-order valence-corrected chi connectivity index (χ1v) is 8.12. The van der Waals surface area contributed by atoms with E-state index in [1.165, 1.54) is 18.2 Å². The van der Waals surface area contributed by atoms with E-state index >= 15 is 0 Å². The van der Waals surface area contributed by atoms with Gasteiger partial charge in [-0.05, 0) is 41.5 Å². The normalized spacial score (nSPS) is 10.7. The minimum atomic E-state index is -2.87. The van der Waals surface area contributed by atoms with E-state index < -0.39 is 12.5 Å². The third kappa shape index (κ3) is 4.53. The van der Waals surface area contributed by atoms with Gasteiger partial charge in [-0.3, -0.25) is 9.59 Å². The Labute approximate surface area is 158 Å². The fraction of sp³-hybridized carbons (Fsp3) is 0.100. The van der Waals surface area contributed by atoms with Crippen LogP contribution >= 0.6 is 0 Å². The molecule has 8 heteroatoms. The van der Waals surface area contributed by atoms with Crippen molar-refractivity contribution in [2.45, 2.75) is 13.2 Å². The second-order valence-electron chi connectivity index (χ2n) is 5.70. The van der Waals surface area contributed by atoms with Crippen LogP contribution in [0.2, 0.25) is 0 Å². The van der Waals surface area contributed by atoms with Crippen molar-refractivity contribution in [1.29, 1.82) is 0 Å². The van der Waals surface area contributed by atoms with Gasteiger partial charge in [0.2, 0.25) is 0 Å². The molecular weight excluding hydrogens is 372 g/mol. The van der Waals surface area contributed by atoms with Crippen LogP contribution in [0.3, 0.4) is 0 Å². The Hall–Kier alpha value is -3.68. The van der Waals surface area contributed by atoms with E-state index in [0.29, 0.717) is 17.6 Å². The number of amides is 1. The van der Waals surface area contributed by atoms with Crippen LogP contribution in [0.1, 0.15) is 26.7 Å². The Morgan fingerprint density at radius 1 is 1.04 bits per heavy atom. The number of hydrogen-bond donors (Lipinski definition) is 1. The Balaban J connectivity index is 1.67. The molecule has 2 N–H and O–H groups in total. The largest absolute Gasteiger partial charge is 0.489 e. The molecule has 0 aliphatic carbocycles. The topological polar surface area (TPSA) is 91.8 Å². The number of aldehydes is 1. The predicted octanol–water partition coefficient (Wildman–Crippen LogP) is 4.04. The van der Waals surface area contributed by atoms with Crippen LogP contribution < -0.4 is 15.2 Å². The minimum Gasteiger partial charge on any atom is -0.489 e. The number of carbonyl (C=O) groups is 2.